The van der Waals surface area contributed by atoms with Crippen LogP contribution in [0.15, 0.2) is 0 Å². The smallest absolute Gasteiger partial charge is 0.302 e. The fraction of sp³-hybridized carbons (Fsp3) is 0.800. The molecule has 0 unspecified atom stereocenters. The molecule has 0 saturated carbocycles. The van der Waals surface area contributed by atoms with Crippen molar-refractivity contribution in [3.8, 4) is 0 Å². The van der Waals surface area contributed by atoms with E-state index in [9.17, 15) is 19.7 Å². The number of hydrogen-bond donors (Lipinski definition) is 3. The molecule has 27 heavy (non-hydrogen) atoms. The maximum atomic E-state index is 12.4. The molecular formula is C15H29ClN6O5. The monoisotopic (exact) mass is 408 g/mol. The second-order valence-corrected chi connectivity index (χ2v) is 6.39. The molecule has 1 aliphatic rings. The molecule has 0 aromatic heterocycles. The van der Waals surface area contributed by atoms with Crippen LogP contribution in [0.1, 0.15) is 39.0 Å². The lowest BCUT2D eigenvalue weighted by Crippen LogP contribution is -2.47. The Kier molecular flexibility index (Phi) is 11.3. The van der Waals surface area contributed by atoms with Crippen LogP contribution in [-0.2, 0) is 14.3 Å². The number of hydrazine groups is 1. The lowest BCUT2D eigenvalue weighted by atomic mass is 9.93. The summed E-state index contributed by atoms with van der Waals surface area (Å²) in [7, 11) is 0. The molecule has 1 aliphatic heterocycles. The largest absolute Gasteiger partial charge is 0.466 e. The van der Waals surface area contributed by atoms with Crippen molar-refractivity contribution in [1.82, 2.24) is 9.91 Å². The van der Waals surface area contributed by atoms with Gasteiger partial charge in [0.25, 0.3) is 5.96 Å². The fourth-order valence-electron chi connectivity index (χ4n) is 2.92. The highest BCUT2D eigenvalue weighted by Crippen LogP contribution is 2.21. The van der Waals surface area contributed by atoms with Gasteiger partial charge in [0, 0.05) is 20.0 Å². The van der Waals surface area contributed by atoms with Gasteiger partial charge < -0.3 is 21.1 Å². The van der Waals surface area contributed by atoms with Crippen molar-refractivity contribution in [2.45, 2.75) is 45.1 Å². The maximum absolute atomic E-state index is 12.4. The molecule has 1 amide bonds. The number of nitro groups is 1. The molecule has 0 aromatic carbocycles. The van der Waals surface area contributed by atoms with E-state index in [2.05, 4.69) is 0 Å². The summed E-state index contributed by atoms with van der Waals surface area (Å²) >= 11 is 0. The van der Waals surface area contributed by atoms with Crippen molar-refractivity contribution >= 4 is 30.2 Å². The molecule has 0 aliphatic carbocycles. The molecule has 1 heterocycles. The molecule has 1 atom stereocenters. The van der Waals surface area contributed by atoms with E-state index < -0.39 is 17.0 Å². The second-order valence-electron chi connectivity index (χ2n) is 6.39. The van der Waals surface area contributed by atoms with Crippen LogP contribution in [0.4, 0.5) is 0 Å². The van der Waals surface area contributed by atoms with Crippen LogP contribution in [0.3, 0.4) is 0 Å². The molecule has 0 aromatic rings. The number of nitrogens with zero attached hydrogens (tertiary/aromatic N) is 3. The first-order valence-electron chi connectivity index (χ1n) is 8.66. The summed E-state index contributed by atoms with van der Waals surface area (Å²) in [5.74, 6) is -0.688. The van der Waals surface area contributed by atoms with Gasteiger partial charge in [-0.25, -0.2) is 10.1 Å². The highest BCUT2D eigenvalue weighted by Gasteiger charge is 2.27. The van der Waals surface area contributed by atoms with Crippen LogP contribution >= 0.6 is 12.4 Å². The minimum absolute atomic E-state index is 0. The summed E-state index contributed by atoms with van der Waals surface area (Å²) in [5, 5.41) is 17.6. The van der Waals surface area contributed by atoms with E-state index >= 15 is 0 Å². The standard InChI is InChI=1S/C15H28N6O5.ClH/c1-11(22)26-10-6-12-4-8-19(9-5-12)14(23)13(16)3-2-7-20(15(17)18)21(24)25;/h12-13H,2-10,16H2,1H3,(H3,17,18);1H/t13-;/m0./s1. The van der Waals surface area contributed by atoms with Crippen molar-refractivity contribution in [3.63, 3.8) is 0 Å². The van der Waals surface area contributed by atoms with Crippen LogP contribution < -0.4 is 11.5 Å². The number of esters is 1. The number of piperidine rings is 1. The minimum Gasteiger partial charge on any atom is -0.466 e. The molecule has 1 saturated heterocycles. The summed E-state index contributed by atoms with van der Waals surface area (Å²) < 4.78 is 4.94. The third kappa shape index (κ3) is 8.87. The highest BCUT2D eigenvalue weighted by atomic mass is 35.5. The van der Waals surface area contributed by atoms with Crippen molar-refractivity contribution in [2.24, 2.45) is 17.4 Å². The zero-order chi connectivity index (χ0) is 19.7. The molecule has 1 fully saturated rings. The number of nitrogens with two attached hydrogens (primary N) is 2. The number of likely N-dealkylation sites (tertiary alicyclic amines) is 1. The first kappa shape index (κ1) is 24.9. The number of guanidine groups is 1. The summed E-state index contributed by atoms with van der Waals surface area (Å²) in [5.41, 5.74) is 11.0. The molecule has 156 valence electrons. The van der Waals surface area contributed by atoms with Crippen LogP contribution in [0, 0.1) is 21.4 Å². The molecular weight excluding hydrogens is 380 g/mol. The van der Waals surface area contributed by atoms with Crippen LogP contribution in [0.25, 0.3) is 0 Å². The number of amides is 1. The Morgan fingerprint density at radius 3 is 2.48 bits per heavy atom. The third-order valence-corrected chi connectivity index (χ3v) is 4.44. The molecule has 11 nitrogen and oxygen atoms in total. The molecule has 0 spiro atoms. The van der Waals surface area contributed by atoms with Gasteiger partial charge in [-0.2, -0.15) is 0 Å². The molecule has 12 heteroatoms. The molecule has 0 radical (unpaired) electrons. The van der Waals surface area contributed by atoms with E-state index in [1.54, 1.807) is 4.90 Å². The van der Waals surface area contributed by atoms with Gasteiger partial charge >= 0.3 is 5.97 Å². The SMILES string of the molecule is CC(=O)OCCC1CCN(C(=O)[C@@H](N)CCCN(C(=N)N)[N+](=O)[O-])CC1.Cl. The first-order chi connectivity index (χ1) is 12.2. The number of carbonyl (C=O) groups is 2. The van der Waals surface area contributed by atoms with Crippen molar-refractivity contribution in [2.75, 3.05) is 26.2 Å². The van der Waals surface area contributed by atoms with E-state index in [-0.39, 0.29) is 43.7 Å². The highest BCUT2D eigenvalue weighted by molar-refractivity contribution is 5.85. The second kappa shape index (κ2) is 12.3. The van der Waals surface area contributed by atoms with Gasteiger partial charge in [0.05, 0.1) is 19.2 Å². The van der Waals surface area contributed by atoms with Crippen LogP contribution in [0.2, 0.25) is 0 Å². The van der Waals surface area contributed by atoms with Gasteiger partial charge in [-0.05, 0) is 38.0 Å². The minimum atomic E-state index is -0.754. The van der Waals surface area contributed by atoms with Crippen molar-refractivity contribution in [1.29, 1.82) is 5.41 Å². The number of hydrogen-bond acceptors (Lipinski definition) is 7. The van der Waals surface area contributed by atoms with Crippen molar-refractivity contribution in [3.05, 3.63) is 10.1 Å². The van der Waals surface area contributed by atoms with Gasteiger partial charge in [-0.15, -0.1) is 12.4 Å². The Morgan fingerprint density at radius 1 is 1.41 bits per heavy atom. The number of halogens is 1. The van der Waals surface area contributed by atoms with E-state index in [0.717, 1.165) is 19.3 Å². The van der Waals surface area contributed by atoms with E-state index in [1.807, 2.05) is 0 Å². The van der Waals surface area contributed by atoms with E-state index in [1.165, 1.54) is 6.92 Å². The molecule has 0 bridgehead atoms. The number of carbonyl (C=O) groups excluding carboxylic acids is 2. The lowest BCUT2D eigenvalue weighted by molar-refractivity contribution is -0.629. The number of ether oxygens (including phenoxy) is 1. The predicted octanol–water partition coefficient (Wildman–Crippen LogP) is 0.0947. The van der Waals surface area contributed by atoms with Gasteiger partial charge in [-0.3, -0.25) is 15.0 Å². The Labute approximate surface area is 164 Å². The Bertz CT molecular complexity index is 513. The molecule has 1 rings (SSSR count). The fourth-order valence-corrected chi connectivity index (χ4v) is 2.92. The Balaban J connectivity index is 0.00000676. The lowest BCUT2D eigenvalue weighted by Gasteiger charge is -2.33. The van der Waals surface area contributed by atoms with Crippen LogP contribution in [0.5, 0.6) is 0 Å². The van der Waals surface area contributed by atoms with Gasteiger partial charge in [0.2, 0.25) is 5.91 Å². The first-order valence-corrected chi connectivity index (χ1v) is 8.66. The Hall–Kier alpha value is -2.14. The van der Waals surface area contributed by atoms with Crippen molar-refractivity contribution < 1.29 is 19.4 Å². The molecule has 5 N–H and O–H groups in total. The summed E-state index contributed by atoms with van der Waals surface area (Å²) in [6.07, 6.45) is 3.02. The number of nitrogens with one attached hydrogen (secondary N) is 1. The van der Waals surface area contributed by atoms with Gasteiger partial charge in [0.15, 0.2) is 5.03 Å². The summed E-state index contributed by atoms with van der Waals surface area (Å²) in [6, 6.07) is -0.729. The van der Waals surface area contributed by atoms with Gasteiger partial charge in [0.1, 0.15) is 0 Å². The van der Waals surface area contributed by atoms with Crippen LogP contribution in [-0.4, -0.2) is 65.1 Å². The zero-order valence-corrected chi connectivity index (χ0v) is 16.3. The topological polar surface area (TPSA) is 169 Å². The number of rotatable bonds is 9. The summed E-state index contributed by atoms with van der Waals surface area (Å²) in [6.45, 7) is 2.92. The zero-order valence-electron chi connectivity index (χ0n) is 15.5. The maximum Gasteiger partial charge on any atom is 0.302 e. The predicted molar refractivity (Wildman–Crippen MR) is 101 cm³/mol. The Morgan fingerprint density at radius 2 is 2.00 bits per heavy atom. The van der Waals surface area contributed by atoms with Gasteiger partial charge in [-0.1, -0.05) is 5.01 Å². The normalized spacial score (nSPS) is 15.4. The average Bonchev–Trinajstić information content (AvgIpc) is 2.57. The quantitative estimate of drug-likeness (QED) is 0.158. The summed E-state index contributed by atoms with van der Waals surface area (Å²) in [4.78, 5) is 35.6. The van der Waals surface area contributed by atoms with E-state index in [0.29, 0.717) is 30.6 Å². The average molecular weight is 409 g/mol. The van der Waals surface area contributed by atoms with E-state index in [4.69, 9.17) is 21.6 Å². The third-order valence-electron chi connectivity index (χ3n) is 4.44.